The predicted molar refractivity (Wildman–Crippen MR) is 100 cm³/mol. The smallest absolute Gasteiger partial charge is 0.257 e. The van der Waals surface area contributed by atoms with Crippen molar-refractivity contribution in [2.24, 2.45) is 0 Å². The molecule has 6 heteroatoms. The van der Waals surface area contributed by atoms with E-state index in [0.29, 0.717) is 37.4 Å². The topological polar surface area (TPSA) is 71.8 Å². The zero-order valence-electron chi connectivity index (χ0n) is 16.1. The van der Waals surface area contributed by atoms with E-state index in [9.17, 15) is 9.59 Å². The second-order valence-corrected chi connectivity index (χ2v) is 6.94. The van der Waals surface area contributed by atoms with E-state index in [1.807, 2.05) is 0 Å². The van der Waals surface area contributed by atoms with Crippen LogP contribution in [0.5, 0.6) is 0 Å². The van der Waals surface area contributed by atoms with E-state index in [-0.39, 0.29) is 17.9 Å². The molecule has 1 aromatic rings. The van der Waals surface area contributed by atoms with Gasteiger partial charge in [0.25, 0.3) is 5.91 Å². The maximum absolute atomic E-state index is 12.8. The molecule has 146 valence electrons. The number of nitrogens with zero attached hydrogens (tertiary/aromatic N) is 1. The minimum absolute atomic E-state index is 0.00412. The Hall–Kier alpha value is -1.82. The zero-order chi connectivity index (χ0) is 18.8. The van der Waals surface area contributed by atoms with Gasteiger partial charge < -0.3 is 19.4 Å². The number of furan rings is 1. The molecular weight excluding hydrogens is 332 g/mol. The third kappa shape index (κ3) is 6.48. The number of aryl methyl sites for hydroxylation is 1. The standard InChI is InChI=1S/C20H32N2O4/c1-3-4-5-6-11-21-19(23)9-12-22(15-17-8-7-13-26-17)20(24)18-10-14-25-16(18)2/h10,14,17H,3-9,11-13,15H2,1-2H3,(H,21,23). The van der Waals surface area contributed by atoms with E-state index in [0.717, 1.165) is 32.3 Å². The second kappa shape index (κ2) is 11.0. The second-order valence-electron chi connectivity index (χ2n) is 6.94. The van der Waals surface area contributed by atoms with E-state index >= 15 is 0 Å². The molecule has 1 atom stereocenters. The van der Waals surface area contributed by atoms with Gasteiger partial charge in [-0.05, 0) is 32.3 Å². The van der Waals surface area contributed by atoms with Crippen molar-refractivity contribution < 1.29 is 18.7 Å². The molecule has 6 nitrogen and oxygen atoms in total. The van der Waals surface area contributed by atoms with Gasteiger partial charge in [0, 0.05) is 32.7 Å². The van der Waals surface area contributed by atoms with Crippen molar-refractivity contribution in [3.63, 3.8) is 0 Å². The lowest BCUT2D eigenvalue weighted by Gasteiger charge is -2.25. The van der Waals surface area contributed by atoms with Crippen LogP contribution in [0, 0.1) is 6.92 Å². The minimum atomic E-state index is -0.0949. The SMILES string of the molecule is CCCCCCNC(=O)CCN(CC1CCCO1)C(=O)c1ccoc1C. The molecule has 1 aromatic heterocycles. The van der Waals surface area contributed by atoms with Crippen molar-refractivity contribution >= 4 is 11.8 Å². The molecule has 0 radical (unpaired) electrons. The van der Waals surface area contributed by atoms with Crippen LogP contribution in [-0.4, -0.2) is 49.1 Å². The highest BCUT2D eigenvalue weighted by molar-refractivity contribution is 5.95. The Labute approximate surface area is 156 Å². The first-order chi connectivity index (χ1) is 12.6. The number of hydrogen-bond donors (Lipinski definition) is 1. The highest BCUT2D eigenvalue weighted by Gasteiger charge is 2.25. The summed E-state index contributed by atoms with van der Waals surface area (Å²) in [4.78, 5) is 26.7. The third-order valence-corrected chi connectivity index (χ3v) is 4.79. The average Bonchev–Trinajstić information content (AvgIpc) is 3.29. The molecule has 0 aliphatic carbocycles. The van der Waals surface area contributed by atoms with Crippen LogP contribution in [0.15, 0.2) is 16.7 Å². The number of rotatable bonds is 11. The fraction of sp³-hybridized carbons (Fsp3) is 0.700. The molecule has 0 aromatic carbocycles. The number of nitrogens with one attached hydrogen (secondary N) is 1. The Kier molecular flexibility index (Phi) is 8.68. The molecule has 1 aliphatic heterocycles. The first kappa shape index (κ1) is 20.5. The van der Waals surface area contributed by atoms with Crippen LogP contribution in [-0.2, 0) is 9.53 Å². The highest BCUT2D eigenvalue weighted by atomic mass is 16.5. The summed E-state index contributed by atoms with van der Waals surface area (Å²) in [5.74, 6) is 0.505. The van der Waals surface area contributed by atoms with Crippen LogP contribution in [0.3, 0.4) is 0 Å². The van der Waals surface area contributed by atoms with Crippen LogP contribution in [0.2, 0.25) is 0 Å². The van der Waals surface area contributed by atoms with Gasteiger partial charge in [-0.15, -0.1) is 0 Å². The molecule has 0 saturated carbocycles. The summed E-state index contributed by atoms with van der Waals surface area (Å²) in [6, 6.07) is 1.69. The summed E-state index contributed by atoms with van der Waals surface area (Å²) in [6.07, 6.45) is 8.40. The predicted octanol–water partition coefficient (Wildman–Crippen LogP) is 3.30. The Morgan fingerprint density at radius 2 is 2.15 bits per heavy atom. The minimum Gasteiger partial charge on any atom is -0.469 e. The quantitative estimate of drug-likeness (QED) is 0.612. The normalized spacial score (nSPS) is 16.6. The van der Waals surface area contributed by atoms with Crippen molar-refractivity contribution in [2.45, 2.75) is 64.9 Å². The Morgan fingerprint density at radius 1 is 1.31 bits per heavy atom. The van der Waals surface area contributed by atoms with E-state index < -0.39 is 0 Å². The zero-order valence-corrected chi connectivity index (χ0v) is 16.1. The maximum atomic E-state index is 12.8. The summed E-state index contributed by atoms with van der Waals surface area (Å²) in [5, 5.41) is 2.95. The summed E-state index contributed by atoms with van der Waals surface area (Å²) in [5.41, 5.74) is 0.558. The molecule has 0 spiro atoms. The molecule has 2 heterocycles. The first-order valence-corrected chi connectivity index (χ1v) is 9.83. The van der Waals surface area contributed by atoms with Crippen molar-refractivity contribution in [2.75, 3.05) is 26.2 Å². The summed E-state index contributed by atoms with van der Waals surface area (Å²) in [6.45, 7) is 6.31. The van der Waals surface area contributed by atoms with Crippen LogP contribution in [0.25, 0.3) is 0 Å². The van der Waals surface area contributed by atoms with Crippen LogP contribution in [0.1, 0.15) is 68.0 Å². The summed E-state index contributed by atoms with van der Waals surface area (Å²) < 4.78 is 10.9. The summed E-state index contributed by atoms with van der Waals surface area (Å²) >= 11 is 0. The van der Waals surface area contributed by atoms with Crippen molar-refractivity contribution in [3.8, 4) is 0 Å². The van der Waals surface area contributed by atoms with E-state index in [4.69, 9.17) is 9.15 Å². The van der Waals surface area contributed by atoms with E-state index in [1.54, 1.807) is 17.9 Å². The van der Waals surface area contributed by atoms with Crippen molar-refractivity contribution in [3.05, 3.63) is 23.7 Å². The Morgan fingerprint density at radius 3 is 2.81 bits per heavy atom. The number of carbonyl (C=O) groups is 2. The van der Waals surface area contributed by atoms with Crippen LogP contribution >= 0.6 is 0 Å². The lowest BCUT2D eigenvalue weighted by molar-refractivity contribution is -0.121. The van der Waals surface area contributed by atoms with Gasteiger partial charge in [-0.2, -0.15) is 0 Å². The van der Waals surface area contributed by atoms with Gasteiger partial charge in [-0.3, -0.25) is 9.59 Å². The third-order valence-electron chi connectivity index (χ3n) is 4.79. The lowest BCUT2D eigenvalue weighted by atomic mass is 10.1. The molecule has 1 saturated heterocycles. The average molecular weight is 364 g/mol. The molecule has 1 fully saturated rings. The largest absolute Gasteiger partial charge is 0.469 e. The molecule has 0 bridgehead atoms. The molecule has 1 N–H and O–H groups in total. The maximum Gasteiger partial charge on any atom is 0.257 e. The van der Waals surface area contributed by atoms with E-state index in [2.05, 4.69) is 12.2 Å². The highest BCUT2D eigenvalue weighted by Crippen LogP contribution is 2.17. The van der Waals surface area contributed by atoms with Gasteiger partial charge in [0.1, 0.15) is 5.76 Å². The lowest BCUT2D eigenvalue weighted by Crippen LogP contribution is -2.40. The fourth-order valence-corrected chi connectivity index (χ4v) is 3.19. The van der Waals surface area contributed by atoms with Gasteiger partial charge in [-0.1, -0.05) is 26.2 Å². The number of hydrogen-bond acceptors (Lipinski definition) is 4. The molecule has 1 aliphatic rings. The van der Waals surface area contributed by atoms with E-state index in [1.165, 1.54) is 19.1 Å². The number of amides is 2. The summed E-state index contributed by atoms with van der Waals surface area (Å²) in [7, 11) is 0. The molecule has 2 rings (SSSR count). The van der Waals surface area contributed by atoms with Crippen molar-refractivity contribution in [1.82, 2.24) is 10.2 Å². The molecule has 1 unspecified atom stereocenters. The van der Waals surface area contributed by atoms with Gasteiger partial charge in [0.15, 0.2) is 0 Å². The van der Waals surface area contributed by atoms with Crippen molar-refractivity contribution in [1.29, 1.82) is 0 Å². The monoisotopic (exact) mass is 364 g/mol. The molecular formula is C20H32N2O4. The fourth-order valence-electron chi connectivity index (χ4n) is 3.19. The van der Waals surface area contributed by atoms with Gasteiger partial charge in [0.05, 0.1) is 17.9 Å². The number of ether oxygens (including phenoxy) is 1. The number of carbonyl (C=O) groups excluding carboxylic acids is 2. The van der Waals surface area contributed by atoms with Gasteiger partial charge in [-0.25, -0.2) is 0 Å². The first-order valence-electron chi connectivity index (χ1n) is 9.83. The molecule has 2 amide bonds. The van der Waals surface area contributed by atoms with Crippen LogP contribution < -0.4 is 5.32 Å². The Balaban J connectivity index is 1.84. The Bertz CT molecular complexity index is 564. The molecule has 26 heavy (non-hydrogen) atoms. The van der Waals surface area contributed by atoms with Gasteiger partial charge >= 0.3 is 0 Å². The number of unbranched alkanes of at least 4 members (excludes halogenated alkanes) is 3. The van der Waals surface area contributed by atoms with Gasteiger partial charge in [0.2, 0.25) is 5.91 Å². The van der Waals surface area contributed by atoms with Crippen LogP contribution in [0.4, 0.5) is 0 Å².